The quantitative estimate of drug-likeness (QED) is 0.523. The SMILES string of the molecule is C.CC.CC(C)(C)OCCC1CCCCC1.CC(C)(C)c1ccccc1. The molecule has 0 heterocycles. The van der Waals surface area contributed by atoms with Crippen LogP contribution in [0.25, 0.3) is 0 Å². The zero-order valence-corrected chi connectivity index (χ0v) is 18.3. The van der Waals surface area contributed by atoms with Gasteiger partial charge in [0.2, 0.25) is 0 Å². The lowest BCUT2D eigenvalue weighted by atomic mass is 9.87. The first-order valence-electron chi connectivity index (χ1n) is 10.4. The van der Waals surface area contributed by atoms with Gasteiger partial charge in [-0.3, -0.25) is 0 Å². The van der Waals surface area contributed by atoms with Gasteiger partial charge in [-0.1, -0.05) is 104 Å². The fourth-order valence-electron chi connectivity index (χ4n) is 2.95. The van der Waals surface area contributed by atoms with Crippen LogP contribution in [0.15, 0.2) is 30.3 Å². The van der Waals surface area contributed by atoms with Crippen LogP contribution in [0.1, 0.15) is 107 Å². The highest BCUT2D eigenvalue weighted by Crippen LogP contribution is 2.26. The van der Waals surface area contributed by atoms with Crippen molar-refractivity contribution in [1.82, 2.24) is 0 Å². The normalized spacial score (nSPS) is 14.9. The molecule has 154 valence electrons. The van der Waals surface area contributed by atoms with E-state index in [1.807, 2.05) is 13.8 Å². The molecule has 0 atom stereocenters. The van der Waals surface area contributed by atoms with E-state index in [-0.39, 0.29) is 13.0 Å². The van der Waals surface area contributed by atoms with Crippen LogP contribution in [0.3, 0.4) is 0 Å². The van der Waals surface area contributed by atoms with Crippen molar-refractivity contribution in [2.24, 2.45) is 5.92 Å². The topological polar surface area (TPSA) is 9.23 Å². The summed E-state index contributed by atoms with van der Waals surface area (Å²) in [5.41, 5.74) is 1.74. The summed E-state index contributed by atoms with van der Waals surface area (Å²) >= 11 is 0. The molecule has 1 fully saturated rings. The summed E-state index contributed by atoms with van der Waals surface area (Å²) in [4.78, 5) is 0. The Kier molecular flexibility index (Phi) is 15.0. The van der Waals surface area contributed by atoms with Crippen LogP contribution >= 0.6 is 0 Å². The highest BCUT2D eigenvalue weighted by Gasteiger charge is 2.15. The van der Waals surface area contributed by atoms with E-state index in [2.05, 4.69) is 71.9 Å². The maximum atomic E-state index is 5.73. The van der Waals surface area contributed by atoms with Crippen molar-refractivity contribution in [1.29, 1.82) is 0 Å². The average Bonchev–Trinajstić information content (AvgIpc) is 2.57. The molecule has 1 aliphatic rings. The van der Waals surface area contributed by atoms with E-state index in [1.54, 1.807) is 0 Å². The van der Waals surface area contributed by atoms with Crippen LogP contribution in [0.4, 0.5) is 0 Å². The Balaban J connectivity index is 0. The van der Waals surface area contributed by atoms with E-state index in [1.165, 1.54) is 44.1 Å². The minimum Gasteiger partial charge on any atom is -0.376 e. The third-order valence-corrected chi connectivity index (χ3v) is 4.43. The van der Waals surface area contributed by atoms with E-state index in [0.717, 1.165) is 12.5 Å². The molecule has 1 saturated carbocycles. The van der Waals surface area contributed by atoms with Crippen LogP contribution in [-0.4, -0.2) is 12.2 Å². The largest absolute Gasteiger partial charge is 0.376 e. The maximum absolute atomic E-state index is 5.73. The second-order valence-electron chi connectivity index (χ2n) is 8.87. The van der Waals surface area contributed by atoms with Gasteiger partial charge in [-0.05, 0) is 44.1 Å². The minimum absolute atomic E-state index is 0. The van der Waals surface area contributed by atoms with Gasteiger partial charge >= 0.3 is 0 Å². The molecule has 0 aliphatic heterocycles. The molecule has 26 heavy (non-hydrogen) atoms. The first-order chi connectivity index (χ1) is 11.7. The monoisotopic (exact) mass is 364 g/mol. The van der Waals surface area contributed by atoms with Gasteiger partial charge in [0.25, 0.3) is 0 Å². The van der Waals surface area contributed by atoms with E-state index in [9.17, 15) is 0 Å². The van der Waals surface area contributed by atoms with E-state index < -0.39 is 0 Å². The van der Waals surface area contributed by atoms with Crippen molar-refractivity contribution in [3.63, 3.8) is 0 Å². The highest BCUT2D eigenvalue weighted by molar-refractivity contribution is 5.21. The van der Waals surface area contributed by atoms with Crippen LogP contribution in [0.2, 0.25) is 0 Å². The summed E-state index contributed by atoms with van der Waals surface area (Å²) in [7, 11) is 0. The molecule has 0 radical (unpaired) electrons. The number of benzene rings is 1. The molecule has 2 rings (SSSR count). The third-order valence-electron chi connectivity index (χ3n) is 4.43. The Bertz CT molecular complexity index is 402. The van der Waals surface area contributed by atoms with Gasteiger partial charge in [0, 0.05) is 6.61 Å². The van der Waals surface area contributed by atoms with Gasteiger partial charge < -0.3 is 4.74 Å². The Morgan fingerprint density at radius 1 is 0.846 bits per heavy atom. The van der Waals surface area contributed by atoms with Crippen molar-refractivity contribution in [3.05, 3.63) is 35.9 Å². The number of hydrogen-bond donors (Lipinski definition) is 0. The van der Waals surface area contributed by atoms with Crippen LogP contribution in [-0.2, 0) is 10.2 Å². The molecule has 1 heteroatoms. The number of hydrogen-bond acceptors (Lipinski definition) is 1. The summed E-state index contributed by atoms with van der Waals surface area (Å²) in [6.07, 6.45) is 8.50. The summed E-state index contributed by atoms with van der Waals surface area (Å²) in [5, 5.41) is 0. The van der Waals surface area contributed by atoms with Crippen LogP contribution in [0.5, 0.6) is 0 Å². The van der Waals surface area contributed by atoms with Crippen molar-refractivity contribution in [3.8, 4) is 0 Å². The molecule has 0 saturated heterocycles. The molecule has 0 bridgehead atoms. The van der Waals surface area contributed by atoms with E-state index >= 15 is 0 Å². The van der Waals surface area contributed by atoms with Crippen LogP contribution in [0, 0.1) is 5.92 Å². The molecular weight excluding hydrogens is 316 g/mol. The standard InChI is InChI=1S/C12H24O.C10H14.C2H6.CH4/c1-12(2,3)13-10-9-11-7-5-4-6-8-11;1-10(2,3)9-7-5-4-6-8-9;1-2;/h11H,4-10H2,1-3H3;4-8H,1-3H3;1-2H3;1H4. The summed E-state index contributed by atoms with van der Waals surface area (Å²) < 4.78 is 5.73. The highest BCUT2D eigenvalue weighted by atomic mass is 16.5. The van der Waals surface area contributed by atoms with Crippen molar-refractivity contribution in [2.75, 3.05) is 6.61 Å². The molecule has 0 N–H and O–H groups in total. The maximum Gasteiger partial charge on any atom is 0.0598 e. The van der Waals surface area contributed by atoms with Crippen LogP contribution < -0.4 is 0 Å². The lowest BCUT2D eigenvalue weighted by Gasteiger charge is -2.24. The zero-order chi connectivity index (χ0) is 19.3. The average molecular weight is 365 g/mol. The van der Waals surface area contributed by atoms with E-state index in [0.29, 0.717) is 5.41 Å². The summed E-state index contributed by atoms with van der Waals surface area (Å²) in [5.74, 6) is 0.955. The van der Waals surface area contributed by atoms with Gasteiger partial charge in [0.05, 0.1) is 5.60 Å². The Labute approximate surface area is 165 Å². The second kappa shape index (κ2) is 14.3. The van der Waals surface area contributed by atoms with Gasteiger partial charge in [0.1, 0.15) is 0 Å². The molecule has 1 nitrogen and oxygen atoms in total. The zero-order valence-electron chi connectivity index (χ0n) is 18.3. The summed E-state index contributed by atoms with van der Waals surface area (Å²) in [6, 6.07) is 10.6. The Morgan fingerprint density at radius 3 is 1.73 bits per heavy atom. The second-order valence-corrected chi connectivity index (χ2v) is 8.87. The number of ether oxygens (including phenoxy) is 1. The Hall–Kier alpha value is -0.820. The van der Waals surface area contributed by atoms with E-state index in [4.69, 9.17) is 4.74 Å². The molecule has 1 aromatic rings. The molecule has 1 aliphatic carbocycles. The first kappa shape index (κ1) is 27.4. The molecule has 0 amide bonds. The van der Waals surface area contributed by atoms with Gasteiger partial charge in [-0.15, -0.1) is 0 Å². The van der Waals surface area contributed by atoms with Crippen molar-refractivity contribution < 1.29 is 4.74 Å². The Morgan fingerprint density at radius 2 is 1.35 bits per heavy atom. The number of rotatable bonds is 3. The first-order valence-corrected chi connectivity index (χ1v) is 10.4. The molecule has 0 spiro atoms. The van der Waals surface area contributed by atoms with Gasteiger partial charge in [-0.25, -0.2) is 0 Å². The fourth-order valence-corrected chi connectivity index (χ4v) is 2.95. The lowest BCUT2D eigenvalue weighted by Crippen LogP contribution is -2.21. The van der Waals surface area contributed by atoms with Gasteiger partial charge in [0.15, 0.2) is 0 Å². The molecule has 0 aromatic heterocycles. The summed E-state index contributed by atoms with van der Waals surface area (Å²) in [6.45, 7) is 18.0. The predicted molar refractivity (Wildman–Crippen MR) is 120 cm³/mol. The minimum atomic E-state index is 0. The third kappa shape index (κ3) is 14.4. The van der Waals surface area contributed by atoms with Crippen molar-refractivity contribution >= 4 is 0 Å². The molecular formula is C25H48O. The fraction of sp³-hybridized carbons (Fsp3) is 0.760. The smallest absolute Gasteiger partial charge is 0.0598 e. The van der Waals surface area contributed by atoms with Gasteiger partial charge in [-0.2, -0.15) is 0 Å². The van der Waals surface area contributed by atoms with Crippen molar-refractivity contribution in [2.45, 2.75) is 112 Å². The molecule has 1 aromatic carbocycles. The lowest BCUT2D eigenvalue weighted by molar-refractivity contribution is -0.0109. The predicted octanol–water partition coefficient (Wildman–Crippen LogP) is 8.42. The molecule has 0 unspecified atom stereocenters.